The normalized spacial score (nSPS) is 16.7. The van der Waals surface area contributed by atoms with E-state index in [4.69, 9.17) is 4.42 Å². The highest BCUT2D eigenvalue weighted by atomic mass is 16.3. The molecule has 1 aliphatic heterocycles. The van der Waals surface area contributed by atoms with Crippen molar-refractivity contribution in [2.75, 3.05) is 39.3 Å². The maximum Gasteiger partial charge on any atom is 0.276 e. The van der Waals surface area contributed by atoms with Gasteiger partial charge in [0.15, 0.2) is 5.69 Å². The Bertz CT molecular complexity index is 756. The van der Waals surface area contributed by atoms with Crippen molar-refractivity contribution in [2.45, 2.75) is 39.5 Å². The number of hydrogen-bond acceptors (Lipinski definition) is 6. The molecule has 1 N–H and O–H groups in total. The molecule has 1 aliphatic rings. The van der Waals surface area contributed by atoms with Crippen molar-refractivity contribution in [3.8, 4) is 0 Å². The molecule has 0 bridgehead atoms. The topological polar surface area (TPSA) is 73.1 Å². The van der Waals surface area contributed by atoms with Gasteiger partial charge in [-0.3, -0.25) is 14.6 Å². The lowest BCUT2D eigenvalue weighted by atomic mass is 10.2. The molecule has 0 saturated carbocycles. The molecule has 2 aromatic rings. The molecule has 158 valence electrons. The SMILES string of the molecule is CCC(O)CN1CCN(Cc2nc(C(=O)N(CC)Cc3ccccc3)co2)CC1. The molecule has 0 spiro atoms. The van der Waals surface area contributed by atoms with Crippen LogP contribution >= 0.6 is 0 Å². The number of amides is 1. The molecule has 7 nitrogen and oxygen atoms in total. The zero-order valence-corrected chi connectivity index (χ0v) is 17.5. The molecular formula is C22H32N4O3. The number of rotatable bonds is 9. The minimum atomic E-state index is -0.251. The number of benzene rings is 1. The average molecular weight is 401 g/mol. The Morgan fingerprint density at radius 1 is 1.17 bits per heavy atom. The van der Waals surface area contributed by atoms with Crippen molar-refractivity contribution in [1.82, 2.24) is 19.7 Å². The van der Waals surface area contributed by atoms with Crippen molar-refractivity contribution in [3.05, 3.63) is 53.7 Å². The van der Waals surface area contributed by atoms with E-state index in [1.807, 2.05) is 44.2 Å². The standard InChI is InChI=1S/C22H32N4O3/c1-3-19(27)15-24-10-12-25(13-11-24)16-21-23-20(17-29-21)22(28)26(4-2)14-18-8-6-5-7-9-18/h5-9,17,19,27H,3-4,10-16H2,1-2H3. The summed E-state index contributed by atoms with van der Waals surface area (Å²) in [6.07, 6.45) is 2.00. The summed E-state index contributed by atoms with van der Waals surface area (Å²) in [4.78, 5) is 23.6. The summed E-state index contributed by atoms with van der Waals surface area (Å²) in [6, 6.07) is 9.96. The van der Waals surface area contributed by atoms with E-state index in [0.717, 1.165) is 44.7 Å². The van der Waals surface area contributed by atoms with Gasteiger partial charge in [-0.25, -0.2) is 4.98 Å². The summed E-state index contributed by atoms with van der Waals surface area (Å²) in [5.74, 6) is 0.468. The molecule has 1 unspecified atom stereocenters. The van der Waals surface area contributed by atoms with Crippen LogP contribution in [0.1, 0.15) is 42.2 Å². The van der Waals surface area contributed by atoms with Crippen LogP contribution in [0.25, 0.3) is 0 Å². The molecule has 1 saturated heterocycles. The monoisotopic (exact) mass is 400 g/mol. The van der Waals surface area contributed by atoms with Crippen LogP contribution in [-0.2, 0) is 13.1 Å². The highest BCUT2D eigenvalue weighted by molar-refractivity contribution is 5.91. The first-order valence-electron chi connectivity index (χ1n) is 10.5. The number of carbonyl (C=O) groups is 1. The number of piperazine rings is 1. The Hall–Kier alpha value is -2.22. The van der Waals surface area contributed by atoms with E-state index in [9.17, 15) is 9.90 Å². The van der Waals surface area contributed by atoms with Gasteiger partial charge >= 0.3 is 0 Å². The number of carbonyl (C=O) groups excluding carboxylic acids is 1. The number of β-amino-alcohol motifs (C(OH)–C–C–N with tert-alkyl or cyclic N) is 1. The number of aromatic nitrogens is 1. The number of oxazole rings is 1. The molecule has 1 fully saturated rings. The van der Waals surface area contributed by atoms with E-state index in [1.54, 1.807) is 4.90 Å². The second kappa shape index (κ2) is 10.5. The van der Waals surface area contributed by atoms with Gasteiger partial charge in [0, 0.05) is 45.8 Å². The summed E-state index contributed by atoms with van der Waals surface area (Å²) < 4.78 is 5.59. The van der Waals surface area contributed by atoms with E-state index in [0.29, 0.717) is 31.2 Å². The summed E-state index contributed by atoms with van der Waals surface area (Å²) in [7, 11) is 0. The van der Waals surface area contributed by atoms with Gasteiger partial charge in [-0.15, -0.1) is 0 Å². The lowest BCUT2D eigenvalue weighted by Gasteiger charge is -2.34. The molecule has 1 amide bonds. The van der Waals surface area contributed by atoms with Gasteiger partial charge in [0.25, 0.3) is 5.91 Å². The fourth-order valence-electron chi connectivity index (χ4n) is 3.52. The van der Waals surface area contributed by atoms with Gasteiger partial charge in [-0.2, -0.15) is 0 Å². The third kappa shape index (κ3) is 6.13. The molecular weight excluding hydrogens is 368 g/mol. The van der Waals surface area contributed by atoms with Crippen molar-refractivity contribution < 1.29 is 14.3 Å². The van der Waals surface area contributed by atoms with Gasteiger partial charge < -0.3 is 14.4 Å². The van der Waals surface area contributed by atoms with Crippen molar-refractivity contribution >= 4 is 5.91 Å². The van der Waals surface area contributed by atoms with E-state index in [2.05, 4.69) is 14.8 Å². The molecule has 7 heteroatoms. The van der Waals surface area contributed by atoms with Crippen molar-refractivity contribution in [3.63, 3.8) is 0 Å². The molecule has 1 aromatic carbocycles. The second-order valence-electron chi connectivity index (χ2n) is 7.57. The predicted molar refractivity (Wildman–Crippen MR) is 111 cm³/mol. The summed E-state index contributed by atoms with van der Waals surface area (Å²) >= 11 is 0. The number of hydrogen-bond donors (Lipinski definition) is 1. The highest BCUT2D eigenvalue weighted by Crippen LogP contribution is 2.13. The quantitative estimate of drug-likeness (QED) is 0.696. The van der Waals surface area contributed by atoms with Gasteiger partial charge in [0.2, 0.25) is 5.89 Å². The molecule has 29 heavy (non-hydrogen) atoms. The third-order valence-electron chi connectivity index (χ3n) is 5.42. The molecule has 1 atom stereocenters. The zero-order valence-electron chi connectivity index (χ0n) is 17.5. The van der Waals surface area contributed by atoms with Gasteiger partial charge in [-0.05, 0) is 18.9 Å². The van der Waals surface area contributed by atoms with Crippen LogP contribution in [-0.4, -0.2) is 76.1 Å². The molecule has 3 rings (SSSR count). The smallest absolute Gasteiger partial charge is 0.276 e. The van der Waals surface area contributed by atoms with E-state index < -0.39 is 0 Å². The van der Waals surface area contributed by atoms with E-state index in [1.165, 1.54) is 6.26 Å². The largest absolute Gasteiger partial charge is 0.447 e. The fourth-order valence-corrected chi connectivity index (χ4v) is 3.52. The van der Waals surface area contributed by atoms with Crippen LogP contribution in [0, 0.1) is 0 Å². The Morgan fingerprint density at radius 3 is 2.52 bits per heavy atom. The minimum Gasteiger partial charge on any atom is -0.447 e. The van der Waals surface area contributed by atoms with E-state index >= 15 is 0 Å². The summed E-state index contributed by atoms with van der Waals surface area (Å²) in [6.45, 7) is 10.1. The Labute approximate surface area is 172 Å². The first-order chi connectivity index (χ1) is 14.1. The zero-order chi connectivity index (χ0) is 20.6. The summed E-state index contributed by atoms with van der Waals surface area (Å²) in [5, 5.41) is 9.81. The van der Waals surface area contributed by atoms with Crippen LogP contribution in [0.2, 0.25) is 0 Å². The number of aliphatic hydroxyl groups is 1. The first-order valence-corrected chi connectivity index (χ1v) is 10.5. The van der Waals surface area contributed by atoms with Crippen molar-refractivity contribution in [2.24, 2.45) is 0 Å². The van der Waals surface area contributed by atoms with Gasteiger partial charge in [-0.1, -0.05) is 37.3 Å². The van der Waals surface area contributed by atoms with Crippen LogP contribution in [0.3, 0.4) is 0 Å². The summed E-state index contributed by atoms with van der Waals surface area (Å²) in [5.41, 5.74) is 1.46. The van der Waals surface area contributed by atoms with Gasteiger partial charge in [0.1, 0.15) is 6.26 Å². The second-order valence-corrected chi connectivity index (χ2v) is 7.57. The maximum atomic E-state index is 12.8. The number of aliphatic hydroxyl groups excluding tert-OH is 1. The fraction of sp³-hybridized carbons (Fsp3) is 0.545. The molecule has 2 heterocycles. The maximum absolute atomic E-state index is 12.8. The molecule has 0 aliphatic carbocycles. The average Bonchev–Trinajstić information content (AvgIpc) is 3.22. The van der Waals surface area contributed by atoms with Crippen molar-refractivity contribution in [1.29, 1.82) is 0 Å². The highest BCUT2D eigenvalue weighted by Gasteiger charge is 2.22. The Balaban J connectivity index is 1.51. The van der Waals surface area contributed by atoms with Crippen LogP contribution in [0.4, 0.5) is 0 Å². The third-order valence-corrected chi connectivity index (χ3v) is 5.42. The van der Waals surface area contributed by atoms with Crippen LogP contribution < -0.4 is 0 Å². The minimum absolute atomic E-state index is 0.107. The lowest BCUT2D eigenvalue weighted by Crippen LogP contribution is -2.48. The Kier molecular flexibility index (Phi) is 7.80. The number of nitrogens with zero attached hydrogens (tertiary/aromatic N) is 4. The molecule has 1 aromatic heterocycles. The lowest BCUT2D eigenvalue weighted by molar-refractivity contribution is 0.0658. The predicted octanol–water partition coefficient (Wildman–Crippen LogP) is 2.23. The van der Waals surface area contributed by atoms with Gasteiger partial charge in [0.05, 0.1) is 12.6 Å². The molecule has 0 radical (unpaired) electrons. The van der Waals surface area contributed by atoms with E-state index in [-0.39, 0.29) is 12.0 Å². The van der Waals surface area contributed by atoms with Crippen LogP contribution in [0.5, 0.6) is 0 Å². The first kappa shape index (κ1) is 21.5. The Morgan fingerprint density at radius 2 is 1.86 bits per heavy atom. The van der Waals surface area contributed by atoms with Crippen LogP contribution in [0.15, 0.2) is 41.0 Å².